The molecule has 1 aromatic heterocycles. The fraction of sp³-hybridized carbons (Fsp3) is 0.0417. The number of ketones is 1. The summed E-state index contributed by atoms with van der Waals surface area (Å²) in [5.41, 5.74) is 1.61. The molecule has 0 aliphatic carbocycles. The molecule has 4 aromatic rings. The second kappa shape index (κ2) is 7.45. The van der Waals surface area contributed by atoms with Gasteiger partial charge < -0.3 is 5.11 Å². The number of fused-ring (bicyclic) bond motifs is 1. The normalized spacial score (nSPS) is 18.1. The number of hydrogen-bond acceptors (Lipinski definition) is 5. The third kappa shape index (κ3) is 3.19. The van der Waals surface area contributed by atoms with E-state index in [1.165, 1.54) is 23.1 Å². The van der Waals surface area contributed by atoms with Crippen molar-refractivity contribution in [1.29, 1.82) is 0 Å². The third-order valence-corrected chi connectivity index (χ3v) is 6.17. The van der Waals surface area contributed by atoms with Crippen molar-refractivity contribution in [2.24, 2.45) is 0 Å². The van der Waals surface area contributed by atoms with E-state index in [1.807, 2.05) is 6.07 Å². The van der Waals surface area contributed by atoms with E-state index in [1.54, 1.807) is 54.6 Å². The highest BCUT2D eigenvalue weighted by Gasteiger charge is 2.48. The molecule has 5 rings (SSSR count). The molecular formula is C24H15FN2O3S. The first kappa shape index (κ1) is 19.1. The number of carbonyl (C=O) groups is 2. The number of nitrogens with zero attached hydrogens (tertiary/aromatic N) is 2. The van der Waals surface area contributed by atoms with E-state index in [0.717, 1.165) is 11.3 Å². The smallest absolute Gasteiger partial charge is 0.301 e. The number of hydrogen-bond donors (Lipinski definition) is 1. The van der Waals surface area contributed by atoms with Crippen molar-refractivity contribution in [2.75, 3.05) is 4.90 Å². The highest BCUT2D eigenvalue weighted by atomic mass is 32.1. The molecule has 5 nitrogen and oxygen atoms in total. The van der Waals surface area contributed by atoms with E-state index in [9.17, 15) is 19.1 Å². The Bertz CT molecular complexity index is 1350. The zero-order valence-corrected chi connectivity index (χ0v) is 16.8. The van der Waals surface area contributed by atoms with Gasteiger partial charge in [-0.25, -0.2) is 9.37 Å². The molecule has 1 fully saturated rings. The molecule has 31 heavy (non-hydrogen) atoms. The van der Waals surface area contributed by atoms with Gasteiger partial charge in [-0.1, -0.05) is 72.0 Å². The predicted octanol–water partition coefficient (Wildman–Crippen LogP) is 5.06. The Hall–Kier alpha value is -3.84. The standard InChI is InChI=1S/C24H15FN2O3S/c25-16-11-12-17-18(13-16)31-24(26-17)27-20(14-7-3-1-4-8-14)19(22(29)23(27)30)21(28)15-9-5-2-6-10-15/h1-13,20,28H/b21-19+/t20-/m0/s1. The molecular weight excluding hydrogens is 415 g/mol. The van der Waals surface area contributed by atoms with Gasteiger partial charge in [-0.15, -0.1) is 0 Å². The maximum atomic E-state index is 13.7. The molecule has 0 radical (unpaired) electrons. The number of benzene rings is 3. The van der Waals surface area contributed by atoms with E-state index in [4.69, 9.17) is 0 Å². The predicted molar refractivity (Wildman–Crippen MR) is 117 cm³/mol. The summed E-state index contributed by atoms with van der Waals surface area (Å²) in [6.07, 6.45) is 0. The number of Topliss-reactive ketones (excluding diaryl/α,β-unsaturated/α-hetero) is 1. The highest BCUT2D eigenvalue weighted by molar-refractivity contribution is 7.22. The SMILES string of the molecule is O=C1C(=O)N(c2nc3ccc(F)cc3s2)[C@@H](c2ccccc2)/C1=C(\O)c1ccccc1. The second-order valence-corrected chi connectivity index (χ2v) is 8.06. The summed E-state index contributed by atoms with van der Waals surface area (Å²) in [5.74, 6) is -2.23. The molecule has 1 N–H and O–H groups in total. The quantitative estimate of drug-likeness (QED) is 0.280. The lowest BCUT2D eigenvalue weighted by Crippen LogP contribution is -2.29. The van der Waals surface area contributed by atoms with Gasteiger partial charge in [0.1, 0.15) is 11.6 Å². The van der Waals surface area contributed by atoms with Crippen LogP contribution in [0.15, 0.2) is 84.4 Å². The average Bonchev–Trinajstić information content (AvgIpc) is 3.32. The Morgan fingerprint density at radius 1 is 0.968 bits per heavy atom. The zero-order valence-electron chi connectivity index (χ0n) is 16.0. The monoisotopic (exact) mass is 430 g/mol. The fourth-order valence-corrected chi connectivity index (χ4v) is 4.74. The molecule has 1 aliphatic rings. The lowest BCUT2D eigenvalue weighted by atomic mass is 9.95. The van der Waals surface area contributed by atoms with Crippen molar-refractivity contribution in [3.8, 4) is 0 Å². The van der Waals surface area contributed by atoms with Crippen LogP contribution in [0.4, 0.5) is 9.52 Å². The van der Waals surface area contributed by atoms with Crippen LogP contribution >= 0.6 is 11.3 Å². The maximum absolute atomic E-state index is 13.7. The Morgan fingerprint density at radius 3 is 2.35 bits per heavy atom. The van der Waals surface area contributed by atoms with Crippen LogP contribution in [0.2, 0.25) is 0 Å². The minimum Gasteiger partial charge on any atom is -0.507 e. The summed E-state index contributed by atoms with van der Waals surface area (Å²) in [5, 5.41) is 11.3. The van der Waals surface area contributed by atoms with Crippen molar-refractivity contribution >= 4 is 44.1 Å². The minimum absolute atomic E-state index is 0.00663. The molecule has 1 atom stereocenters. The van der Waals surface area contributed by atoms with Crippen molar-refractivity contribution in [2.45, 2.75) is 6.04 Å². The number of halogens is 1. The van der Waals surface area contributed by atoms with Crippen molar-refractivity contribution in [1.82, 2.24) is 4.98 Å². The molecule has 7 heteroatoms. The Kier molecular flexibility index (Phi) is 4.60. The molecule has 0 unspecified atom stereocenters. The van der Waals surface area contributed by atoms with Crippen LogP contribution in [0.5, 0.6) is 0 Å². The van der Waals surface area contributed by atoms with E-state index in [-0.39, 0.29) is 16.5 Å². The van der Waals surface area contributed by atoms with Crippen LogP contribution in [0, 0.1) is 5.82 Å². The lowest BCUT2D eigenvalue weighted by molar-refractivity contribution is -0.132. The summed E-state index contributed by atoms with van der Waals surface area (Å²) in [7, 11) is 0. The number of carbonyl (C=O) groups excluding carboxylic acids is 2. The number of aromatic nitrogens is 1. The van der Waals surface area contributed by atoms with Gasteiger partial charge in [-0.2, -0.15) is 0 Å². The largest absolute Gasteiger partial charge is 0.507 e. The van der Waals surface area contributed by atoms with Gasteiger partial charge in [0.05, 0.1) is 21.8 Å². The van der Waals surface area contributed by atoms with Crippen LogP contribution < -0.4 is 4.90 Å². The van der Waals surface area contributed by atoms with Crippen molar-refractivity contribution < 1.29 is 19.1 Å². The Balaban J connectivity index is 1.73. The number of anilines is 1. The topological polar surface area (TPSA) is 70.5 Å². The van der Waals surface area contributed by atoms with E-state index < -0.39 is 23.5 Å². The van der Waals surface area contributed by atoms with Gasteiger partial charge in [0, 0.05) is 5.56 Å². The summed E-state index contributed by atoms with van der Waals surface area (Å²) in [6.45, 7) is 0. The summed E-state index contributed by atoms with van der Waals surface area (Å²) >= 11 is 1.12. The van der Waals surface area contributed by atoms with E-state index >= 15 is 0 Å². The third-order valence-electron chi connectivity index (χ3n) is 5.15. The molecule has 0 saturated carbocycles. The molecule has 0 bridgehead atoms. The minimum atomic E-state index is -0.855. The Labute approximate surface area is 180 Å². The first-order valence-corrected chi connectivity index (χ1v) is 10.3. The zero-order chi connectivity index (χ0) is 21.5. The average molecular weight is 430 g/mol. The molecule has 2 heterocycles. The molecule has 1 amide bonds. The van der Waals surface area contributed by atoms with Crippen LogP contribution in [0.3, 0.4) is 0 Å². The first-order chi connectivity index (χ1) is 15.0. The number of aliphatic hydroxyl groups is 1. The van der Waals surface area contributed by atoms with Crippen LogP contribution in [0.1, 0.15) is 17.2 Å². The summed E-state index contributed by atoms with van der Waals surface area (Å²) < 4.78 is 14.2. The number of amides is 1. The molecule has 3 aromatic carbocycles. The van der Waals surface area contributed by atoms with Crippen LogP contribution in [-0.4, -0.2) is 21.8 Å². The van der Waals surface area contributed by atoms with Gasteiger partial charge in [0.25, 0.3) is 5.78 Å². The van der Waals surface area contributed by atoms with Crippen LogP contribution in [0.25, 0.3) is 16.0 Å². The van der Waals surface area contributed by atoms with Crippen molar-refractivity contribution in [3.05, 3.63) is 101 Å². The maximum Gasteiger partial charge on any atom is 0.301 e. The number of rotatable bonds is 3. The molecule has 152 valence electrons. The summed E-state index contributed by atoms with van der Waals surface area (Å²) in [6, 6.07) is 20.9. The Morgan fingerprint density at radius 2 is 1.65 bits per heavy atom. The van der Waals surface area contributed by atoms with Gasteiger partial charge in [0.15, 0.2) is 5.13 Å². The molecule has 1 aliphatic heterocycles. The van der Waals surface area contributed by atoms with Gasteiger partial charge >= 0.3 is 5.91 Å². The highest BCUT2D eigenvalue weighted by Crippen LogP contribution is 2.44. The number of aliphatic hydroxyl groups excluding tert-OH is 1. The summed E-state index contributed by atoms with van der Waals surface area (Å²) in [4.78, 5) is 31.9. The van der Waals surface area contributed by atoms with E-state index in [2.05, 4.69) is 4.98 Å². The molecule has 0 spiro atoms. The number of thiazole rings is 1. The van der Waals surface area contributed by atoms with Gasteiger partial charge in [-0.3, -0.25) is 14.5 Å². The van der Waals surface area contributed by atoms with Gasteiger partial charge in [-0.05, 0) is 23.8 Å². The molecule has 1 saturated heterocycles. The van der Waals surface area contributed by atoms with E-state index in [0.29, 0.717) is 21.3 Å². The van der Waals surface area contributed by atoms with Crippen LogP contribution in [-0.2, 0) is 9.59 Å². The van der Waals surface area contributed by atoms with Crippen molar-refractivity contribution in [3.63, 3.8) is 0 Å². The fourth-order valence-electron chi connectivity index (χ4n) is 3.72. The van der Waals surface area contributed by atoms with Gasteiger partial charge in [0.2, 0.25) is 0 Å². The first-order valence-electron chi connectivity index (χ1n) is 9.52. The lowest BCUT2D eigenvalue weighted by Gasteiger charge is -2.22. The second-order valence-electron chi connectivity index (χ2n) is 7.05.